The highest BCUT2D eigenvalue weighted by molar-refractivity contribution is 5.85. The second-order valence-electron chi connectivity index (χ2n) is 9.36. The molecule has 0 atom stereocenters. The Labute approximate surface area is 163 Å². The van der Waals surface area contributed by atoms with E-state index in [4.69, 9.17) is 0 Å². The van der Waals surface area contributed by atoms with Crippen LogP contribution in [-0.2, 0) is 9.59 Å². The fourth-order valence-corrected chi connectivity index (χ4v) is 6.61. The van der Waals surface area contributed by atoms with Crippen LogP contribution in [0.4, 0.5) is 0 Å². The second kappa shape index (κ2) is 8.05. The highest BCUT2D eigenvalue weighted by Crippen LogP contribution is 2.61. The fraction of sp³-hybridized carbons (Fsp3) is 0.900. The second-order valence-corrected chi connectivity index (χ2v) is 9.36. The van der Waals surface area contributed by atoms with Crippen molar-refractivity contribution in [2.75, 3.05) is 26.7 Å². The van der Waals surface area contributed by atoms with Gasteiger partial charge in [0.2, 0.25) is 11.8 Å². The van der Waals surface area contributed by atoms with Gasteiger partial charge in [0, 0.05) is 19.5 Å². The van der Waals surface area contributed by atoms with Gasteiger partial charge in [-0.1, -0.05) is 0 Å². The van der Waals surface area contributed by atoms with E-state index >= 15 is 0 Å². The molecule has 4 saturated carbocycles. The molecular weight excluding hydrogens is 350 g/mol. The van der Waals surface area contributed by atoms with Gasteiger partial charge in [0.05, 0.1) is 6.54 Å². The smallest absolute Gasteiger partial charge is 0.241 e. The molecule has 1 aliphatic heterocycles. The number of amides is 2. The van der Waals surface area contributed by atoms with E-state index < -0.39 is 0 Å². The minimum atomic E-state index is 0. The van der Waals surface area contributed by atoms with Crippen molar-refractivity contribution >= 4 is 24.2 Å². The lowest BCUT2D eigenvalue weighted by molar-refractivity contribution is -0.136. The first-order valence-corrected chi connectivity index (χ1v) is 10.3. The monoisotopic (exact) mass is 383 g/mol. The number of nitrogens with one attached hydrogen (secondary N) is 2. The molecule has 5 nitrogen and oxygen atoms in total. The third-order valence-electron chi connectivity index (χ3n) is 7.39. The maximum Gasteiger partial charge on any atom is 0.241 e. The Morgan fingerprint density at radius 3 is 2.12 bits per heavy atom. The summed E-state index contributed by atoms with van der Waals surface area (Å²) in [5.74, 6) is 2.74. The third kappa shape index (κ3) is 4.19. The van der Waals surface area contributed by atoms with Gasteiger partial charge in [-0.05, 0) is 87.6 Å². The lowest BCUT2D eigenvalue weighted by Gasteiger charge is -2.56. The van der Waals surface area contributed by atoms with Crippen LogP contribution < -0.4 is 10.6 Å². The molecule has 2 N–H and O–H groups in total. The number of halogens is 1. The normalized spacial score (nSPS) is 35.7. The number of piperidine rings is 1. The standard InChI is InChI=1S/C20H33N3O2.ClH/c1-23(17-2-4-21-5-3-17)19(25)13-22-18(24)12-20-9-14-6-15(10-20)8-16(7-14)11-20;/h14-17,21H,2-13H2,1H3,(H,22,24);1H. The molecule has 6 heteroatoms. The first-order valence-electron chi connectivity index (χ1n) is 10.3. The summed E-state index contributed by atoms with van der Waals surface area (Å²) in [6.45, 7) is 2.10. The van der Waals surface area contributed by atoms with Gasteiger partial charge in [0.1, 0.15) is 0 Å². The van der Waals surface area contributed by atoms with Crippen LogP contribution in [0.5, 0.6) is 0 Å². The molecule has 4 bridgehead atoms. The molecule has 26 heavy (non-hydrogen) atoms. The minimum absolute atomic E-state index is 0. The Bertz CT molecular complexity index is 498. The summed E-state index contributed by atoms with van der Waals surface area (Å²) in [5.41, 5.74) is 0.253. The number of rotatable bonds is 5. The van der Waals surface area contributed by atoms with Crippen molar-refractivity contribution in [2.45, 2.75) is 63.8 Å². The van der Waals surface area contributed by atoms with Crippen LogP contribution in [0.2, 0.25) is 0 Å². The van der Waals surface area contributed by atoms with Crippen LogP contribution in [0, 0.1) is 23.2 Å². The zero-order valence-electron chi connectivity index (χ0n) is 16.0. The molecule has 0 unspecified atom stereocenters. The molecule has 148 valence electrons. The predicted octanol–water partition coefficient (Wildman–Crippen LogP) is 2.34. The number of carbonyl (C=O) groups excluding carboxylic acids is 2. The maximum absolute atomic E-state index is 12.5. The molecule has 4 aliphatic carbocycles. The zero-order valence-corrected chi connectivity index (χ0v) is 16.8. The molecule has 0 aromatic carbocycles. The van der Waals surface area contributed by atoms with Gasteiger partial charge in [-0.15, -0.1) is 12.4 Å². The van der Waals surface area contributed by atoms with E-state index in [-0.39, 0.29) is 36.2 Å². The average Bonchev–Trinajstić information content (AvgIpc) is 2.58. The van der Waals surface area contributed by atoms with Gasteiger partial charge >= 0.3 is 0 Å². The molecule has 0 radical (unpaired) electrons. The van der Waals surface area contributed by atoms with Crippen LogP contribution in [0.3, 0.4) is 0 Å². The lowest BCUT2D eigenvalue weighted by atomic mass is 9.49. The highest BCUT2D eigenvalue weighted by Gasteiger charge is 2.51. The largest absolute Gasteiger partial charge is 0.347 e. The van der Waals surface area contributed by atoms with Crippen molar-refractivity contribution in [1.82, 2.24) is 15.5 Å². The number of likely N-dealkylation sites (N-methyl/N-ethyl adjacent to an activating group) is 1. The van der Waals surface area contributed by atoms with Gasteiger partial charge in [-0.2, -0.15) is 0 Å². The van der Waals surface area contributed by atoms with Crippen molar-refractivity contribution in [2.24, 2.45) is 23.2 Å². The quantitative estimate of drug-likeness (QED) is 0.766. The third-order valence-corrected chi connectivity index (χ3v) is 7.39. The molecule has 5 rings (SSSR count). The SMILES string of the molecule is CN(C(=O)CNC(=O)CC12CC3CC(CC(C3)C1)C2)C1CCNCC1.Cl. The van der Waals surface area contributed by atoms with Crippen LogP contribution in [0.25, 0.3) is 0 Å². The number of hydrogen-bond acceptors (Lipinski definition) is 3. The molecule has 5 aliphatic rings. The molecule has 0 spiro atoms. The summed E-state index contributed by atoms with van der Waals surface area (Å²) >= 11 is 0. The van der Waals surface area contributed by atoms with E-state index in [2.05, 4.69) is 10.6 Å². The summed E-state index contributed by atoms with van der Waals surface area (Å²) in [6.07, 6.45) is 10.6. The average molecular weight is 384 g/mol. The van der Waals surface area contributed by atoms with Gasteiger partial charge in [-0.3, -0.25) is 9.59 Å². The van der Waals surface area contributed by atoms with E-state index in [0.29, 0.717) is 12.5 Å². The minimum Gasteiger partial charge on any atom is -0.347 e. The summed E-state index contributed by atoms with van der Waals surface area (Å²) in [5, 5.41) is 6.25. The number of nitrogens with zero attached hydrogens (tertiary/aromatic N) is 1. The summed E-state index contributed by atoms with van der Waals surface area (Å²) < 4.78 is 0. The molecule has 0 aromatic heterocycles. The van der Waals surface area contributed by atoms with E-state index in [1.807, 2.05) is 11.9 Å². The molecular formula is C20H34ClN3O2. The fourth-order valence-electron chi connectivity index (χ4n) is 6.61. The Hall–Kier alpha value is -0.810. The van der Waals surface area contributed by atoms with E-state index in [1.54, 1.807) is 0 Å². The molecule has 2 amide bonds. The van der Waals surface area contributed by atoms with Gasteiger partial charge < -0.3 is 15.5 Å². The number of carbonyl (C=O) groups is 2. The van der Waals surface area contributed by atoms with Crippen LogP contribution in [0.1, 0.15) is 57.8 Å². The highest BCUT2D eigenvalue weighted by atomic mass is 35.5. The molecule has 1 saturated heterocycles. The van der Waals surface area contributed by atoms with E-state index in [9.17, 15) is 9.59 Å². The van der Waals surface area contributed by atoms with Crippen molar-refractivity contribution < 1.29 is 9.59 Å². The van der Waals surface area contributed by atoms with Crippen LogP contribution in [0.15, 0.2) is 0 Å². The van der Waals surface area contributed by atoms with Crippen LogP contribution in [-0.4, -0.2) is 49.4 Å². The first kappa shape index (κ1) is 19.9. The van der Waals surface area contributed by atoms with E-state index in [1.165, 1.54) is 38.5 Å². The topological polar surface area (TPSA) is 61.4 Å². The van der Waals surface area contributed by atoms with Crippen molar-refractivity contribution in [3.8, 4) is 0 Å². The lowest BCUT2D eigenvalue weighted by Crippen LogP contribution is -2.49. The van der Waals surface area contributed by atoms with Crippen molar-refractivity contribution in [3.63, 3.8) is 0 Å². The number of hydrogen-bond donors (Lipinski definition) is 2. The summed E-state index contributed by atoms with van der Waals surface area (Å²) in [4.78, 5) is 26.8. The van der Waals surface area contributed by atoms with Crippen molar-refractivity contribution in [3.05, 3.63) is 0 Å². The zero-order chi connectivity index (χ0) is 17.4. The Morgan fingerprint density at radius 1 is 1.04 bits per heavy atom. The molecule has 5 fully saturated rings. The van der Waals surface area contributed by atoms with Gasteiger partial charge in [0.15, 0.2) is 0 Å². The maximum atomic E-state index is 12.5. The summed E-state index contributed by atoms with van der Waals surface area (Å²) in [7, 11) is 1.88. The summed E-state index contributed by atoms with van der Waals surface area (Å²) in [6, 6.07) is 0.314. The predicted molar refractivity (Wildman–Crippen MR) is 104 cm³/mol. The molecule has 0 aromatic rings. The Kier molecular flexibility index (Phi) is 6.18. The van der Waals surface area contributed by atoms with E-state index in [0.717, 1.165) is 43.7 Å². The van der Waals surface area contributed by atoms with Gasteiger partial charge in [0.25, 0.3) is 0 Å². The Balaban J connectivity index is 0.00000196. The molecule has 1 heterocycles. The Morgan fingerprint density at radius 2 is 1.58 bits per heavy atom. The first-order chi connectivity index (χ1) is 12.0. The van der Waals surface area contributed by atoms with Crippen LogP contribution >= 0.6 is 12.4 Å². The van der Waals surface area contributed by atoms with Crippen molar-refractivity contribution in [1.29, 1.82) is 0 Å². The van der Waals surface area contributed by atoms with Gasteiger partial charge in [-0.25, -0.2) is 0 Å².